The van der Waals surface area contributed by atoms with E-state index in [2.05, 4.69) is 4.98 Å². The summed E-state index contributed by atoms with van der Waals surface area (Å²) in [6.07, 6.45) is -4.79. The van der Waals surface area contributed by atoms with Crippen molar-refractivity contribution >= 4 is 17.0 Å². The number of aromatic nitrogens is 2. The minimum atomic E-state index is -4.77. The van der Waals surface area contributed by atoms with Gasteiger partial charge in [-0.05, 0) is 6.42 Å². The summed E-state index contributed by atoms with van der Waals surface area (Å²) in [5.74, 6) is -2.05. The summed E-state index contributed by atoms with van der Waals surface area (Å²) in [5, 5.41) is 9.22. The molecule has 9 heteroatoms. The summed E-state index contributed by atoms with van der Waals surface area (Å²) in [5.41, 5.74) is 0.0575. The van der Waals surface area contributed by atoms with Crippen molar-refractivity contribution < 1.29 is 32.5 Å². The Morgan fingerprint density at radius 2 is 2.05 bits per heavy atom. The van der Waals surface area contributed by atoms with Crippen LogP contribution in [0.25, 0.3) is 11.0 Å². The van der Waals surface area contributed by atoms with Gasteiger partial charge in [-0.2, -0.15) is 13.2 Å². The van der Waals surface area contributed by atoms with Gasteiger partial charge in [0.05, 0.1) is 11.0 Å². The quantitative estimate of drug-likeness (QED) is 0.942. The fraction of sp³-hybridized carbons (Fsp3) is 0.385. The van der Waals surface area contributed by atoms with Crippen molar-refractivity contribution in [1.29, 1.82) is 0 Å². The molecule has 2 heterocycles. The second-order valence-electron chi connectivity index (χ2n) is 4.76. The van der Waals surface area contributed by atoms with Gasteiger partial charge in [-0.25, -0.2) is 9.78 Å². The lowest BCUT2D eigenvalue weighted by molar-refractivity contribution is -0.151. The highest BCUT2D eigenvalue weighted by atomic mass is 19.4. The molecule has 22 heavy (non-hydrogen) atoms. The van der Waals surface area contributed by atoms with Crippen molar-refractivity contribution in [2.75, 3.05) is 6.79 Å². The van der Waals surface area contributed by atoms with Crippen molar-refractivity contribution in [3.63, 3.8) is 0 Å². The van der Waals surface area contributed by atoms with Crippen LogP contribution in [0.3, 0.4) is 0 Å². The van der Waals surface area contributed by atoms with Crippen LogP contribution in [0.4, 0.5) is 13.2 Å². The Kier molecular flexibility index (Phi) is 3.15. The number of carbonyl (C=O) groups is 1. The number of imidazole rings is 1. The van der Waals surface area contributed by atoms with E-state index in [1.54, 1.807) is 0 Å². The number of rotatable bonds is 3. The molecule has 1 atom stereocenters. The number of hydrogen-bond acceptors (Lipinski definition) is 4. The number of nitrogens with zero attached hydrogens (tertiary/aromatic N) is 2. The number of carboxylic acids is 1. The van der Waals surface area contributed by atoms with E-state index >= 15 is 0 Å². The summed E-state index contributed by atoms with van der Waals surface area (Å²) in [7, 11) is 0. The van der Waals surface area contributed by atoms with E-state index < -0.39 is 24.0 Å². The lowest BCUT2D eigenvalue weighted by Gasteiger charge is -2.17. The molecule has 1 aliphatic rings. The third kappa shape index (κ3) is 2.13. The van der Waals surface area contributed by atoms with E-state index in [9.17, 15) is 23.1 Å². The lowest BCUT2D eigenvalue weighted by atomic mass is 10.2. The van der Waals surface area contributed by atoms with Gasteiger partial charge in [-0.3, -0.25) is 0 Å². The SMILES string of the molecule is CCC(C(=O)O)n1c(C(F)(F)F)nc2cc3c(cc21)OCO3. The third-order valence-corrected chi connectivity index (χ3v) is 3.42. The van der Waals surface area contributed by atoms with Gasteiger partial charge in [0.15, 0.2) is 11.5 Å². The molecule has 3 rings (SSSR count). The maximum Gasteiger partial charge on any atom is 0.449 e. The number of aliphatic carboxylic acids is 1. The first-order valence-electron chi connectivity index (χ1n) is 6.44. The lowest BCUT2D eigenvalue weighted by Crippen LogP contribution is -2.24. The number of halogens is 3. The number of benzene rings is 1. The summed E-state index contributed by atoms with van der Waals surface area (Å²) in [4.78, 5) is 14.9. The van der Waals surface area contributed by atoms with Crippen molar-refractivity contribution in [2.24, 2.45) is 0 Å². The zero-order valence-corrected chi connectivity index (χ0v) is 11.3. The van der Waals surface area contributed by atoms with Crippen molar-refractivity contribution in [3.05, 3.63) is 18.0 Å². The summed E-state index contributed by atoms with van der Waals surface area (Å²) in [6, 6.07) is 1.27. The van der Waals surface area contributed by atoms with Crippen molar-refractivity contribution in [3.8, 4) is 11.5 Å². The molecule has 0 bridgehead atoms. The molecule has 0 spiro atoms. The fourth-order valence-corrected chi connectivity index (χ4v) is 2.47. The molecule has 6 nitrogen and oxygen atoms in total. The molecule has 1 N–H and O–H groups in total. The normalized spacial score (nSPS) is 15.3. The average molecular weight is 316 g/mol. The Morgan fingerprint density at radius 3 is 2.59 bits per heavy atom. The zero-order valence-electron chi connectivity index (χ0n) is 11.3. The number of fused-ring (bicyclic) bond motifs is 2. The fourth-order valence-electron chi connectivity index (χ4n) is 2.47. The predicted molar refractivity (Wildman–Crippen MR) is 67.8 cm³/mol. The van der Waals surface area contributed by atoms with E-state index in [4.69, 9.17) is 9.47 Å². The average Bonchev–Trinajstić information content (AvgIpc) is 3.00. The minimum Gasteiger partial charge on any atom is -0.480 e. The van der Waals surface area contributed by atoms with Gasteiger partial charge in [0.1, 0.15) is 6.04 Å². The second kappa shape index (κ2) is 4.79. The van der Waals surface area contributed by atoms with Gasteiger partial charge < -0.3 is 19.1 Å². The Morgan fingerprint density at radius 1 is 1.41 bits per heavy atom. The van der Waals surface area contributed by atoms with Gasteiger partial charge in [-0.1, -0.05) is 6.92 Å². The van der Waals surface area contributed by atoms with E-state index in [0.717, 1.165) is 0 Å². The van der Waals surface area contributed by atoms with Crippen LogP contribution in [0.2, 0.25) is 0 Å². The Bertz CT molecular complexity index is 754. The zero-order chi connectivity index (χ0) is 16.1. The molecule has 1 aliphatic heterocycles. The predicted octanol–water partition coefficient (Wildman–Crippen LogP) is 2.82. The molecule has 1 unspecified atom stereocenters. The highest BCUT2D eigenvalue weighted by molar-refractivity contribution is 5.84. The molecule has 0 fully saturated rings. The molecule has 2 aromatic rings. The molecule has 118 valence electrons. The highest BCUT2D eigenvalue weighted by Crippen LogP contribution is 2.40. The molecular formula is C13H11F3N2O4. The summed E-state index contributed by atoms with van der Waals surface area (Å²) in [6.45, 7) is 1.46. The molecule has 0 saturated carbocycles. The van der Waals surface area contributed by atoms with Crippen molar-refractivity contribution in [2.45, 2.75) is 25.6 Å². The first-order valence-corrected chi connectivity index (χ1v) is 6.44. The summed E-state index contributed by atoms with van der Waals surface area (Å²) < 4.78 is 50.6. The van der Waals surface area contributed by atoms with Crippen LogP contribution in [-0.2, 0) is 11.0 Å². The Balaban J connectivity index is 2.32. The van der Waals surface area contributed by atoms with Gasteiger partial charge in [0, 0.05) is 12.1 Å². The minimum absolute atomic E-state index is 0.0104. The summed E-state index contributed by atoms with van der Waals surface area (Å²) >= 11 is 0. The standard InChI is InChI=1S/C13H11F3N2O4/c1-2-7(11(19)20)18-8-4-10-9(21-5-22-10)3-6(8)17-12(18)13(14,15)16/h3-4,7H,2,5H2,1H3,(H,19,20). The Hall–Kier alpha value is -2.45. The topological polar surface area (TPSA) is 73.6 Å². The smallest absolute Gasteiger partial charge is 0.449 e. The molecular weight excluding hydrogens is 305 g/mol. The monoisotopic (exact) mass is 316 g/mol. The van der Waals surface area contributed by atoms with Crippen LogP contribution in [0, 0.1) is 0 Å². The molecule has 0 amide bonds. The first-order chi connectivity index (χ1) is 10.3. The van der Waals surface area contributed by atoms with Gasteiger partial charge in [-0.15, -0.1) is 0 Å². The maximum atomic E-state index is 13.2. The van der Waals surface area contributed by atoms with Crippen LogP contribution in [0.15, 0.2) is 12.1 Å². The van der Waals surface area contributed by atoms with Crippen LogP contribution in [0.1, 0.15) is 25.2 Å². The van der Waals surface area contributed by atoms with Crippen LogP contribution in [-0.4, -0.2) is 27.4 Å². The van der Waals surface area contributed by atoms with Crippen LogP contribution >= 0.6 is 0 Å². The molecule has 1 aromatic heterocycles. The van der Waals surface area contributed by atoms with Crippen LogP contribution < -0.4 is 9.47 Å². The first kappa shape index (κ1) is 14.5. The van der Waals surface area contributed by atoms with Crippen LogP contribution in [0.5, 0.6) is 11.5 Å². The van der Waals surface area contributed by atoms with E-state index in [1.165, 1.54) is 19.1 Å². The van der Waals surface area contributed by atoms with E-state index in [-0.39, 0.29) is 35.7 Å². The maximum absolute atomic E-state index is 13.2. The van der Waals surface area contributed by atoms with Gasteiger partial charge in [0.25, 0.3) is 0 Å². The number of hydrogen-bond donors (Lipinski definition) is 1. The molecule has 0 saturated heterocycles. The molecule has 1 aromatic carbocycles. The van der Waals surface area contributed by atoms with E-state index in [1.807, 2.05) is 0 Å². The van der Waals surface area contributed by atoms with E-state index in [0.29, 0.717) is 4.57 Å². The van der Waals surface area contributed by atoms with Crippen molar-refractivity contribution in [1.82, 2.24) is 9.55 Å². The highest BCUT2D eigenvalue weighted by Gasteiger charge is 2.40. The second-order valence-corrected chi connectivity index (χ2v) is 4.76. The molecule has 0 aliphatic carbocycles. The Labute approximate surface area is 122 Å². The largest absolute Gasteiger partial charge is 0.480 e. The number of ether oxygens (including phenoxy) is 2. The molecule has 0 radical (unpaired) electrons. The number of carboxylic acid groups (broad SMARTS) is 1. The van der Waals surface area contributed by atoms with Gasteiger partial charge >= 0.3 is 12.1 Å². The van der Waals surface area contributed by atoms with Gasteiger partial charge in [0.2, 0.25) is 12.6 Å². The number of alkyl halides is 3. The third-order valence-electron chi connectivity index (χ3n) is 3.42.